The van der Waals surface area contributed by atoms with E-state index in [4.69, 9.17) is 10.00 Å². The van der Waals surface area contributed by atoms with Gasteiger partial charge in [0.05, 0.1) is 31.3 Å². The highest BCUT2D eigenvalue weighted by atomic mass is 16.5. The van der Waals surface area contributed by atoms with Crippen molar-refractivity contribution in [3.8, 4) is 11.8 Å². The second kappa shape index (κ2) is 9.52. The summed E-state index contributed by atoms with van der Waals surface area (Å²) in [6.45, 7) is 9.72. The first-order valence-corrected chi connectivity index (χ1v) is 11.2. The van der Waals surface area contributed by atoms with Crippen LogP contribution >= 0.6 is 0 Å². The van der Waals surface area contributed by atoms with Gasteiger partial charge in [-0.2, -0.15) is 10.4 Å². The van der Waals surface area contributed by atoms with Crippen LogP contribution < -0.4 is 4.74 Å². The molecule has 7 nitrogen and oxygen atoms in total. The Morgan fingerprint density at radius 3 is 2.81 bits per heavy atom. The first-order valence-electron chi connectivity index (χ1n) is 11.2. The molecule has 0 spiro atoms. The summed E-state index contributed by atoms with van der Waals surface area (Å²) in [6.07, 6.45) is 2.67. The quantitative estimate of drug-likeness (QED) is 0.687. The van der Waals surface area contributed by atoms with Crippen molar-refractivity contribution in [3.63, 3.8) is 0 Å². The molecular weight excluding hydrogens is 390 g/mol. The second-order valence-electron chi connectivity index (χ2n) is 8.48. The summed E-state index contributed by atoms with van der Waals surface area (Å²) in [4.78, 5) is 17.2. The van der Waals surface area contributed by atoms with Crippen molar-refractivity contribution in [1.29, 1.82) is 5.26 Å². The van der Waals surface area contributed by atoms with Gasteiger partial charge in [0, 0.05) is 51.3 Å². The molecule has 1 fully saturated rings. The molecule has 1 saturated heterocycles. The molecule has 2 aliphatic rings. The summed E-state index contributed by atoms with van der Waals surface area (Å²) < 4.78 is 7.49. The Labute approximate surface area is 184 Å². The second-order valence-corrected chi connectivity index (χ2v) is 8.48. The molecule has 31 heavy (non-hydrogen) atoms. The van der Waals surface area contributed by atoms with E-state index in [0.717, 1.165) is 68.5 Å². The highest BCUT2D eigenvalue weighted by Gasteiger charge is 2.22. The monoisotopic (exact) mass is 421 g/mol. The molecule has 3 heterocycles. The van der Waals surface area contributed by atoms with Crippen LogP contribution in [0.2, 0.25) is 0 Å². The van der Waals surface area contributed by atoms with Gasteiger partial charge in [-0.25, -0.2) is 0 Å². The van der Waals surface area contributed by atoms with E-state index in [2.05, 4.69) is 34.3 Å². The van der Waals surface area contributed by atoms with E-state index >= 15 is 0 Å². The Morgan fingerprint density at radius 1 is 1.23 bits per heavy atom. The van der Waals surface area contributed by atoms with Crippen LogP contribution in [0.15, 0.2) is 18.2 Å². The fourth-order valence-corrected chi connectivity index (χ4v) is 4.61. The number of amides is 1. The lowest BCUT2D eigenvalue weighted by Gasteiger charge is -2.35. The number of fused-ring (bicyclic) bond motifs is 1. The normalized spacial score (nSPS) is 16.1. The lowest BCUT2D eigenvalue weighted by atomic mass is 10.1. The number of aryl methyl sites for hydroxylation is 2. The minimum atomic E-state index is 0.220. The number of ether oxygens (including phenoxy) is 1. The van der Waals surface area contributed by atoms with E-state index in [1.54, 1.807) is 0 Å². The maximum atomic E-state index is 12.8. The molecule has 0 radical (unpaired) electrons. The lowest BCUT2D eigenvalue weighted by Crippen LogP contribution is -2.48. The van der Waals surface area contributed by atoms with E-state index in [1.165, 1.54) is 11.1 Å². The maximum Gasteiger partial charge on any atom is 0.222 e. The highest BCUT2D eigenvalue weighted by Crippen LogP contribution is 2.26. The highest BCUT2D eigenvalue weighted by molar-refractivity contribution is 5.76. The molecular formula is C24H31N5O2. The maximum absolute atomic E-state index is 12.8. The average Bonchev–Trinajstić information content (AvgIpc) is 3.34. The molecule has 0 saturated carbocycles. The van der Waals surface area contributed by atoms with Crippen LogP contribution in [0, 0.1) is 25.2 Å². The Bertz CT molecular complexity index is 983. The summed E-state index contributed by atoms with van der Waals surface area (Å²) >= 11 is 0. The van der Waals surface area contributed by atoms with Gasteiger partial charge in [-0.1, -0.05) is 12.1 Å². The van der Waals surface area contributed by atoms with Gasteiger partial charge >= 0.3 is 0 Å². The Balaban J connectivity index is 1.25. The zero-order valence-corrected chi connectivity index (χ0v) is 18.6. The van der Waals surface area contributed by atoms with E-state index < -0.39 is 0 Å². The van der Waals surface area contributed by atoms with Gasteiger partial charge in [0.15, 0.2) is 0 Å². The first-order chi connectivity index (χ1) is 15.0. The van der Waals surface area contributed by atoms with Crippen LogP contribution in [0.5, 0.6) is 5.75 Å². The summed E-state index contributed by atoms with van der Waals surface area (Å²) in [5.74, 6) is 1.25. The van der Waals surface area contributed by atoms with Crippen molar-refractivity contribution in [2.24, 2.45) is 0 Å². The Kier molecular flexibility index (Phi) is 6.57. The molecule has 0 bridgehead atoms. The topological polar surface area (TPSA) is 74.4 Å². The molecule has 0 N–H and O–H groups in total. The molecule has 7 heteroatoms. The van der Waals surface area contributed by atoms with Crippen molar-refractivity contribution in [3.05, 3.63) is 46.3 Å². The molecule has 1 amide bonds. The van der Waals surface area contributed by atoms with Gasteiger partial charge in [0.25, 0.3) is 0 Å². The summed E-state index contributed by atoms with van der Waals surface area (Å²) in [6, 6.07) is 8.67. The standard InChI is InChI=1S/C24H31N5O2/c1-18-22(19(2)29(26-18)10-3-9-25)5-7-24(30)28-13-11-27(12-14-28)17-20-4-6-23-21(16-20)8-15-31-23/h4,6,16H,3,5,7-8,10-15,17H2,1-2H3. The van der Waals surface area contributed by atoms with Crippen LogP contribution in [0.4, 0.5) is 0 Å². The van der Waals surface area contributed by atoms with Crippen LogP contribution in [0.3, 0.4) is 0 Å². The number of nitrogens with zero attached hydrogens (tertiary/aromatic N) is 5. The molecule has 0 unspecified atom stereocenters. The third-order valence-electron chi connectivity index (χ3n) is 6.44. The van der Waals surface area contributed by atoms with Crippen LogP contribution in [-0.4, -0.2) is 58.3 Å². The van der Waals surface area contributed by atoms with E-state index in [-0.39, 0.29) is 5.91 Å². The average molecular weight is 422 g/mol. The fourth-order valence-electron chi connectivity index (χ4n) is 4.61. The summed E-state index contributed by atoms with van der Waals surface area (Å²) in [5.41, 5.74) is 5.82. The fraction of sp³-hybridized carbons (Fsp3) is 0.542. The smallest absolute Gasteiger partial charge is 0.222 e. The zero-order chi connectivity index (χ0) is 21.8. The SMILES string of the molecule is Cc1nn(CCC#N)c(C)c1CCC(=O)N1CCN(Cc2ccc3c(c2)CCO3)CC1. The van der Waals surface area contributed by atoms with Gasteiger partial charge in [0.2, 0.25) is 5.91 Å². The predicted molar refractivity (Wildman–Crippen MR) is 118 cm³/mol. The summed E-state index contributed by atoms with van der Waals surface area (Å²) in [5, 5.41) is 13.3. The molecule has 4 rings (SSSR count). The molecule has 1 aromatic carbocycles. The van der Waals surface area contributed by atoms with E-state index in [1.807, 2.05) is 23.4 Å². The van der Waals surface area contributed by atoms with Crippen LogP contribution in [0.25, 0.3) is 0 Å². The predicted octanol–water partition coefficient (Wildman–Crippen LogP) is 2.63. The number of rotatable bonds is 7. The number of nitriles is 1. The molecule has 0 atom stereocenters. The van der Waals surface area contributed by atoms with Gasteiger partial charge in [-0.05, 0) is 43.0 Å². The van der Waals surface area contributed by atoms with Crippen molar-refractivity contribution < 1.29 is 9.53 Å². The number of hydrogen-bond donors (Lipinski definition) is 0. The molecule has 164 valence electrons. The number of hydrogen-bond acceptors (Lipinski definition) is 5. The molecule has 0 aliphatic carbocycles. The van der Waals surface area contributed by atoms with E-state index in [9.17, 15) is 4.79 Å². The van der Waals surface area contributed by atoms with E-state index in [0.29, 0.717) is 25.8 Å². The van der Waals surface area contributed by atoms with Gasteiger partial charge < -0.3 is 9.64 Å². The zero-order valence-electron chi connectivity index (χ0n) is 18.6. The minimum Gasteiger partial charge on any atom is -0.493 e. The van der Waals surface area contributed by atoms with Crippen molar-refractivity contribution >= 4 is 5.91 Å². The van der Waals surface area contributed by atoms with Crippen molar-refractivity contribution in [2.45, 2.75) is 52.6 Å². The molecule has 2 aromatic rings. The first kappa shape index (κ1) is 21.4. The van der Waals surface area contributed by atoms with Gasteiger partial charge in [0.1, 0.15) is 5.75 Å². The number of benzene rings is 1. The van der Waals surface area contributed by atoms with Gasteiger partial charge in [-0.15, -0.1) is 0 Å². The van der Waals surface area contributed by atoms with Gasteiger partial charge in [-0.3, -0.25) is 14.4 Å². The minimum absolute atomic E-state index is 0.220. The van der Waals surface area contributed by atoms with Crippen molar-refractivity contribution in [2.75, 3.05) is 32.8 Å². The van der Waals surface area contributed by atoms with Crippen molar-refractivity contribution in [1.82, 2.24) is 19.6 Å². The summed E-state index contributed by atoms with van der Waals surface area (Å²) in [7, 11) is 0. The number of piperazine rings is 1. The van der Waals surface area contributed by atoms with Crippen LogP contribution in [-0.2, 0) is 30.7 Å². The number of carbonyl (C=O) groups is 1. The number of carbonyl (C=O) groups excluding carboxylic acids is 1. The Hall–Kier alpha value is -2.85. The third-order valence-corrected chi connectivity index (χ3v) is 6.44. The molecule has 2 aliphatic heterocycles. The largest absolute Gasteiger partial charge is 0.493 e. The third kappa shape index (κ3) is 4.91. The Morgan fingerprint density at radius 2 is 2.03 bits per heavy atom. The lowest BCUT2D eigenvalue weighted by molar-refractivity contribution is -0.133. The molecule has 1 aromatic heterocycles. The number of aromatic nitrogens is 2. The van der Waals surface area contributed by atoms with Crippen LogP contribution in [0.1, 0.15) is 40.9 Å².